The first-order chi connectivity index (χ1) is 16.2. The Hall–Kier alpha value is -3.26. The molecular formula is C22H15Cl2F3N4O2S. The van der Waals surface area contributed by atoms with Crippen LogP contribution in [0, 0.1) is 12.3 Å². The van der Waals surface area contributed by atoms with E-state index in [1.54, 1.807) is 17.5 Å². The molecular weight excluding hydrogens is 512 g/mol. The van der Waals surface area contributed by atoms with Crippen molar-refractivity contribution >= 4 is 57.5 Å². The fourth-order valence-electron chi connectivity index (χ4n) is 2.63. The molecule has 1 aromatic heterocycles. The molecule has 12 heteroatoms. The number of rotatable bonds is 8. The zero-order chi connectivity index (χ0) is 24.7. The van der Waals surface area contributed by atoms with Crippen molar-refractivity contribution in [2.75, 3.05) is 11.9 Å². The number of terminal acetylenes is 1. The number of anilines is 2. The Morgan fingerprint density at radius 2 is 2.00 bits per heavy atom. The number of carbonyl (C=O) groups is 1. The number of hydrogen-bond acceptors (Lipinski definition) is 6. The number of benzene rings is 2. The number of nitrogens with zero attached hydrogens (tertiary/aromatic N) is 2. The van der Waals surface area contributed by atoms with E-state index in [4.69, 9.17) is 34.4 Å². The van der Waals surface area contributed by atoms with Gasteiger partial charge in [0.15, 0.2) is 10.9 Å². The van der Waals surface area contributed by atoms with Crippen LogP contribution in [0.1, 0.15) is 16.8 Å². The highest BCUT2D eigenvalue weighted by Gasteiger charge is 2.30. The molecule has 0 fully saturated rings. The second kappa shape index (κ2) is 11.2. The van der Waals surface area contributed by atoms with Crippen molar-refractivity contribution in [3.8, 4) is 18.1 Å². The van der Waals surface area contributed by atoms with E-state index >= 15 is 0 Å². The summed E-state index contributed by atoms with van der Waals surface area (Å²) >= 11 is 13.4. The molecule has 0 unspecified atom stereocenters. The molecule has 0 aliphatic carbocycles. The second-order valence-electron chi connectivity index (χ2n) is 6.62. The SMILES string of the molecule is C#CCOc1c(Cl)cc(/C=N\NC(=O)Cc2csc(Nc3cccc(C(F)(F)F)c3)n2)cc1Cl. The van der Waals surface area contributed by atoms with Crippen molar-refractivity contribution in [1.29, 1.82) is 0 Å². The third-order valence-electron chi connectivity index (χ3n) is 4.06. The second-order valence-corrected chi connectivity index (χ2v) is 8.30. The summed E-state index contributed by atoms with van der Waals surface area (Å²) < 4.78 is 43.8. The number of thiazole rings is 1. The van der Waals surface area contributed by atoms with Gasteiger partial charge in [-0.1, -0.05) is 35.2 Å². The van der Waals surface area contributed by atoms with Crippen LogP contribution < -0.4 is 15.5 Å². The van der Waals surface area contributed by atoms with Gasteiger partial charge in [0.1, 0.15) is 6.61 Å². The van der Waals surface area contributed by atoms with Gasteiger partial charge in [0, 0.05) is 11.1 Å². The lowest BCUT2D eigenvalue weighted by molar-refractivity contribution is -0.137. The molecule has 6 nitrogen and oxygen atoms in total. The van der Waals surface area contributed by atoms with Gasteiger partial charge in [0.25, 0.3) is 0 Å². The minimum Gasteiger partial charge on any atom is -0.478 e. The van der Waals surface area contributed by atoms with E-state index in [2.05, 4.69) is 26.7 Å². The average Bonchev–Trinajstić information content (AvgIpc) is 3.19. The Kier molecular flexibility index (Phi) is 8.39. The van der Waals surface area contributed by atoms with Gasteiger partial charge in [-0.2, -0.15) is 18.3 Å². The topological polar surface area (TPSA) is 75.6 Å². The number of amides is 1. The van der Waals surface area contributed by atoms with Crippen molar-refractivity contribution in [3.05, 3.63) is 68.6 Å². The molecule has 1 heterocycles. The molecule has 0 atom stereocenters. The molecule has 2 aromatic carbocycles. The predicted molar refractivity (Wildman–Crippen MR) is 127 cm³/mol. The third kappa shape index (κ3) is 7.12. The van der Waals surface area contributed by atoms with Crippen LogP contribution in [0.15, 0.2) is 46.9 Å². The summed E-state index contributed by atoms with van der Waals surface area (Å²) in [6.45, 7) is 0.0106. The van der Waals surface area contributed by atoms with Crippen LogP contribution >= 0.6 is 34.5 Å². The highest BCUT2D eigenvalue weighted by Crippen LogP contribution is 2.34. The molecule has 34 heavy (non-hydrogen) atoms. The first-order valence-electron chi connectivity index (χ1n) is 9.41. The maximum absolute atomic E-state index is 12.8. The van der Waals surface area contributed by atoms with Gasteiger partial charge < -0.3 is 10.1 Å². The lowest BCUT2D eigenvalue weighted by Crippen LogP contribution is -2.19. The molecule has 0 aliphatic heterocycles. The van der Waals surface area contributed by atoms with Crippen LogP contribution in [0.4, 0.5) is 24.0 Å². The lowest BCUT2D eigenvalue weighted by Gasteiger charge is -2.08. The minimum atomic E-state index is -4.45. The normalized spacial score (nSPS) is 11.3. The Labute approximate surface area is 206 Å². The first kappa shape index (κ1) is 25.4. The van der Waals surface area contributed by atoms with Gasteiger partial charge in [-0.25, -0.2) is 10.4 Å². The zero-order valence-electron chi connectivity index (χ0n) is 17.1. The third-order valence-corrected chi connectivity index (χ3v) is 5.43. The maximum Gasteiger partial charge on any atom is 0.416 e. The number of carbonyl (C=O) groups excluding carboxylic acids is 1. The fraction of sp³-hybridized carbons (Fsp3) is 0.136. The van der Waals surface area contributed by atoms with Crippen molar-refractivity contribution in [1.82, 2.24) is 10.4 Å². The molecule has 0 spiro atoms. The van der Waals surface area contributed by atoms with Gasteiger partial charge >= 0.3 is 6.18 Å². The van der Waals surface area contributed by atoms with Gasteiger partial charge in [0.05, 0.1) is 33.9 Å². The Morgan fingerprint density at radius 3 is 2.68 bits per heavy atom. The van der Waals surface area contributed by atoms with Crippen molar-refractivity contribution in [2.45, 2.75) is 12.6 Å². The molecule has 0 saturated heterocycles. The van der Waals surface area contributed by atoms with Gasteiger partial charge in [-0.15, -0.1) is 17.8 Å². The predicted octanol–water partition coefficient (Wildman–Crippen LogP) is 5.92. The zero-order valence-corrected chi connectivity index (χ0v) is 19.4. The summed E-state index contributed by atoms with van der Waals surface area (Å²) in [6.07, 6.45) is 1.96. The number of ether oxygens (including phenoxy) is 1. The number of hydrazone groups is 1. The van der Waals surface area contributed by atoms with E-state index in [-0.39, 0.29) is 34.5 Å². The number of halogens is 5. The fourth-order valence-corrected chi connectivity index (χ4v) is 3.97. The summed E-state index contributed by atoms with van der Waals surface area (Å²) in [7, 11) is 0. The van der Waals surface area contributed by atoms with Gasteiger partial charge in [0.2, 0.25) is 5.91 Å². The van der Waals surface area contributed by atoms with Crippen LogP contribution in [0.2, 0.25) is 10.0 Å². The largest absolute Gasteiger partial charge is 0.478 e. The number of hydrogen-bond donors (Lipinski definition) is 2. The Bertz CT molecular complexity index is 1230. The highest BCUT2D eigenvalue weighted by molar-refractivity contribution is 7.13. The van der Waals surface area contributed by atoms with E-state index in [1.165, 1.54) is 18.3 Å². The summed E-state index contributed by atoms with van der Waals surface area (Å²) in [6, 6.07) is 7.83. The van der Waals surface area contributed by atoms with Crippen molar-refractivity contribution in [2.24, 2.45) is 5.10 Å². The van der Waals surface area contributed by atoms with Crippen LogP contribution in [0.3, 0.4) is 0 Å². The van der Waals surface area contributed by atoms with E-state index in [0.717, 1.165) is 23.5 Å². The monoisotopic (exact) mass is 526 g/mol. The minimum absolute atomic E-state index is 0.0106. The number of alkyl halides is 3. The van der Waals surface area contributed by atoms with Crippen LogP contribution in [0.25, 0.3) is 0 Å². The lowest BCUT2D eigenvalue weighted by atomic mass is 10.2. The summed E-state index contributed by atoms with van der Waals surface area (Å²) in [4.78, 5) is 16.3. The summed E-state index contributed by atoms with van der Waals surface area (Å²) in [5.41, 5.74) is 2.76. The number of nitrogens with one attached hydrogen (secondary N) is 2. The molecule has 2 N–H and O–H groups in total. The molecule has 3 aromatic rings. The molecule has 0 radical (unpaired) electrons. The standard InChI is InChI=1S/C22H15Cl2F3N4O2S/c1-2-6-33-20-17(23)7-13(8-18(20)24)11-28-31-19(32)10-16-12-34-21(30-16)29-15-5-3-4-14(9-15)22(25,26)27/h1,3-5,7-9,11-12H,6,10H2,(H,29,30)(H,31,32)/b28-11-. The summed E-state index contributed by atoms with van der Waals surface area (Å²) in [5.74, 6) is 2.11. The smallest absolute Gasteiger partial charge is 0.416 e. The van der Waals surface area contributed by atoms with E-state index in [0.29, 0.717) is 16.4 Å². The van der Waals surface area contributed by atoms with Gasteiger partial charge in [-0.3, -0.25) is 4.79 Å². The molecule has 0 saturated carbocycles. The average molecular weight is 527 g/mol. The molecule has 0 aliphatic rings. The maximum atomic E-state index is 12.8. The van der Waals surface area contributed by atoms with Crippen LogP contribution in [-0.4, -0.2) is 23.7 Å². The number of aromatic nitrogens is 1. The van der Waals surface area contributed by atoms with Gasteiger partial charge in [-0.05, 0) is 35.9 Å². The van der Waals surface area contributed by atoms with Crippen LogP contribution in [0.5, 0.6) is 5.75 Å². The molecule has 1 amide bonds. The van der Waals surface area contributed by atoms with Crippen molar-refractivity contribution < 1.29 is 22.7 Å². The van der Waals surface area contributed by atoms with E-state index < -0.39 is 17.6 Å². The quantitative estimate of drug-likeness (QED) is 0.217. The van der Waals surface area contributed by atoms with E-state index in [1.807, 2.05) is 0 Å². The first-order valence-corrected chi connectivity index (χ1v) is 11.0. The Morgan fingerprint density at radius 1 is 1.26 bits per heavy atom. The molecule has 3 rings (SSSR count). The molecule has 0 bridgehead atoms. The van der Waals surface area contributed by atoms with Crippen molar-refractivity contribution in [3.63, 3.8) is 0 Å². The highest BCUT2D eigenvalue weighted by atomic mass is 35.5. The Balaban J connectivity index is 1.55. The van der Waals surface area contributed by atoms with E-state index in [9.17, 15) is 18.0 Å². The summed E-state index contributed by atoms with van der Waals surface area (Å²) in [5, 5.41) is 9.10. The van der Waals surface area contributed by atoms with Crippen LogP contribution in [-0.2, 0) is 17.4 Å². The molecule has 176 valence electrons.